The number of aryl methyl sites for hydroxylation is 1. The second-order valence-corrected chi connectivity index (χ2v) is 5.70. The maximum Gasteiger partial charge on any atom is 0.124 e. The van der Waals surface area contributed by atoms with Gasteiger partial charge in [0, 0.05) is 18.2 Å². The van der Waals surface area contributed by atoms with Crippen molar-refractivity contribution in [2.75, 3.05) is 7.11 Å². The summed E-state index contributed by atoms with van der Waals surface area (Å²) in [6, 6.07) is 11.8. The molecule has 3 rings (SSSR count). The summed E-state index contributed by atoms with van der Waals surface area (Å²) in [5, 5.41) is 3.49. The highest BCUT2D eigenvalue weighted by atomic mass is 19.1. The van der Waals surface area contributed by atoms with E-state index in [1.54, 1.807) is 19.2 Å². The predicted molar refractivity (Wildman–Crippen MR) is 83.0 cm³/mol. The molecule has 1 aliphatic carbocycles. The van der Waals surface area contributed by atoms with E-state index in [4.69, 9.17) is 4.74 Å². The Morgan fingerprint density at radius 1 is 1.14 bits per heavy atom. The van der Waals surface area contributed by atoms with E-state index in [-0.39, 0.29) is 5.82 Å². The minimum absolute atomic E-state index is 0.196. The molecule has 2 aromatic carbocycles. The van der Waals surface area contributed by atoms with Crippen LogP contribution in [0.15, 0.2) is 36.4 Å². The largest absolute Gasteiger partial charge is 0.496 e. The molecule has 2 aromatic rings. The Labute approximate surface area is 125 Å². The van der Waals surface area contributed by atoms with Crippen LogP contribution in [0.3, 0.4) is 0 Å². The zero-order valence-electron chi connectivity index (χ0n) is 12.4. The Bertz CT molecular complexity index is 629. The van der Waals surface area contributed by atoms with E-state index in [0.29, 0.717) is 6.04 Å². The number of hydrogen-bond donors (Lipinski definition) is 1. The molecule has 0 radical (unpaired) electrons. The van der Waals surface area contributed by atoms with Gasteiger partial charge in [-0.3, -0.25) is 0 Å². The van der Waals surface area contributed by atoms with Gasteiger partial charge in [0.05, 0.1) is 7.11 Å². The van der Waals surface area contributed by atoms with E-state index in [2.05, 4.69) is 11.4 Å². The first-order valence-electron chi connectivity index (χ1n) is 7.33. The summed E-state index contributed by atoms with van der Waals surface area (Å²) in [6.07, 6.45) is 2.51. The molecule has 1 saturated carbocycles. The fraction of sp³-hybridized carbons (Fsp3) is 0.333. The Morgan fingerprint density at radius 3 is 2.62 bits per heavy atom. The minimum atomic E-state index is -0.196. The Morgan fingerprint density at radius 2 is 1.95 bits per heavy atom. The molecule has 0 heterocycles. The van der Waals surface area contributed by atoms with Crippen LogP contribution in [0.4, 0.5) is 4.39 Å². The molecular weight excluding hydrogens is 265 g/mol. The van der Waals surface area contributed by atoms with Gasteiger partial charge in [-0.05, 0) is 60.7 Å². The van der Waals surface area contributed by atoms with Crippen LogP contribution in [0.25, 0.3) is 11.1 Å². The van der Waals surface area contributed by atoms with Crippen LogP contribution in [-0.4, -0.2) is 13.2 Å². The van der Waals surface area contributed by atoms with Crippen LogP contribution in [0.1, 0.15) is 24.0 Å². The van der Waals surface area contributed by atoms with Crippen LogP contribution in [0.2, 0.25) is 0 Å². The average Bonchev–Trinajstić information content (AvgIpc) is 3.28. The Hall–Kier alpha value is -1.87. The first kappa shape index (κ1) is 14.1. The highest BCUT2D eigenvalue weighted by Crippen LogP contribution is 2.29. The first-order valence-corrected chi connectivity index (χ1v) is 7.33. The topological polar surface area (TPSA) is 21.3 Å². The summed E-state index contributed by atoms with van der Waals surface area (Å²) < 4.78 is 19.0. The molecule has 0 aromatic heterocycles. The summed E-state index contributed by atoms with van der Waals surface area (Å²) in [5.74, 6) is 0.679. The van der Waals surface area contributed by atoms with Gasteiger partial charge in [0.2, 0.25) is 0 Å². The standard InChI is InChI=1S/C18H20FNO/c1-12-7-14(10-16(19)8-12)13-3-6-18(21-2)15(9-13)11-20-17-4-5-17/h3,6-10,17,20H,4-5,11H2,1-2H3. The number of nitrogens with one attached hydrogen (secondary N) is 1. The molecule has 1 N–H and O–H groups in total. The lowest BCUT2D eigenvalue weighted by molar-refractivity contribution is 0.407. The van der Waals surface area contributed by atoms with Gasteiger partial charge in [0.1, 0.15) is 11.6 Å². The summed E-state index contributed by atoms with van der Waals surface area (Å²) in [6.45, 7) is 2.70. The van der Waals surface area contributed by atoms with Crippen molar-refractivity contribution in [2.24, 2.45) is 0 Å². The lowest BCUT2D eigenvalue weighted by Crippen LogP contribution is -2.15. The van der Waals surface area contributed by atoms with Crippen molar-refractivity contribution in [1.29, 1.82) is 0 Å². The molecule has 110 valence electrons. The van der Waals surface area contributed by atoms with E-state index in [1.165, 1.54) is 12.8 Å². The molecule has 0 bridgehead atoms. The van der Waals surface area contributed by atoms with Crippen molar-refractivity contribution >= 4 is 0 Å². The number of hydrogen-bond acceptors (Lipinski definition) is 2. The second kappa shape index (κ2) is 5.86. The molecule has 2 nitrogen and oxygen atoms in total. The molecule has 0 saturated heterocycles. The molecule has 1 aliphatic rings. The Balaban J connectivity index is 1.92. The van der Waals surface area contributed by atoms with Gasteiger partial charge in [0.15, 0.2) is 0 Å². The van der Waals surface area contributed by atoms with E-state index < -0.39 is 0 Å². The lowest BCUT2D eigenvalue weighted by Gasteiger charge is -2.12. The Kier molecular flexibility index (Phi) is 3.93. The average molecular weight is 285 g/mol. The van der Waals surface area contributed by atoms with E-state index in [1.807, 2.05) is 25.1 Å². The predicted octanol–water partition coefficient (Wildman–Crippen LogP) is 4.06. The van der Waals surface area contributed by atoms with Crippen molar-refractivity contribution in [3.63, 3.8) is 0 Å². The minimum Gasteiger partial charge on any atom is -0.496 e. The normalized spacial score (nSPS) is 14.2. The molecule has 1 fully saturated rings. The summed E-state index contributed by atoms with van der Waals surface area (Å²) >= 11 is 0. The number of methoxy groups -OCH3 is 1. The zero-order chi connectivity index (χ0) is 14.8. The second-order valence-electron chi connectivity index (χ2n) is 5.70. The fourth-order valence-corrected chi connectivity index (χ4v) is 2.54. The van der Waals surface area contributed by atoms with Crippen molar-refractivity contribution in [3.05, 3.63) is 53.3 Å². The number of benzene rings is 2. The van der Waals surface area contributed by atoms with Crippen molar-refractivity contribution in [2.45, 2.75) is 32.4 Å². The van der Waals surface area contributed by atoms with Gasteiger partial charge in [-0.15, -0.1) is 0 Å². The van der Waals surface area contributed by atoms with Crippen LogP contribution >= 0.6 is 0 Å². The van der Waals surface area contributed by atoms with Crippen molar-refractivity contribution < 1.29 is 9.13 Å². The van der Waals surface area contributed by atoms with E-state index in [9.17, 15) is 4.39 Å². The van der Waals surface area contributed by atoms with E-state index in [0.717, 1.165) is 34.5 Å². The third kappa shape index (κ3) is 3.42. The van der Waals surface area contributed by atoms with Crippen LogP contribution in [-0.2, 0) is 6.54 Å². The maximum atomic E-state index is 13.6. The van der Waals surface area contributed by atoms with Gasteiger partial charge in [-0.2, -0.15) is 0 Å². The van der Waals surface area contributed by atoms with Crippen molar-refractivity contribution in [1.82, 2.24) is 5.32 Å². The monoisotopic (exact) mass is 285 g/mol. The third-order valence-electron chi connectivity index (χ3n) is 3.81. The van der Waals surface area contributed by atoms with Crippen LogP contribution in [0.5, 0.6) is 5.75 Å². The SMILES string of the molecule is COc1ccc(-c2cc(C)cc(F)c2)cc1CNC1CC1. The van der Waals surface area contributed by atoms with Gasteiger partial charge >= 0.3 is 0 Å². The molecule has 0 unspecified atom stereocenters. The van der Waals surface area contributed by atoms with Gasteiger partial charge in [0.25, 0.3) is 0 Å². The molecular formula is C18H20FNO. The van der Waals surface area contributed by atoms with Crippen molar-refractivity contribution in [3.8, 4) is 16.9 Å². The smallest absolute Gasteiger partial charge is 0.124 e. The molecule has 0 atom stereocenters. The zero-order valence-corrected chi connectivity index (χ0v) is 12.4. The summed E-state index contributed by atoms with van der Waals surface area (Å²) in [4.78, 5) is 0. The quantitative estimate of drug-likeness (QED) is 0.894. The maximum absolute atomic E-state index is 13.6. The molecule has 0 spiro atoms. The number of ether oxygens (including phenoxy) is 1. The molecule has 0 amide bonds. The van der Waals surface area contributed by atoms with Crippen LogP contribution in [0, 0.1) is 12.7 Å². The highest BCUT2D eigenvalue weighted by molar-refractivity contribution is 5.66. The summed E-state index contributed by atoms with van der Waals surface area (Å²) in [7, 11) is 1.68. The molecule has 0 aliphatic heterocycles. The van der Waals surface area contributed by atoms with Gasteiger partial charge in [-0.1, -0.05) is 12.1 Å². The van der Waals surface area contributed by atoms with Gasteiger partial charge < -0.3 is 10.1 Å². The number of halogens is 1. The molecule has 3 heteroatoms. The van der Waals surface area contributed by atoms with Gasteiger partial charge in [-0.25, -0.2) is 4.39 Å². The van der Waals surface area contributed by atoms with Crippen LogP contribution < -0.4 is 10.1 Å². The number of rotatable bonds is 5. The van der Waals surface area contributed by atoms with E-state index >= 15 is 0 Å². The molecule has 21 heavy (non-hydrogen) atoms. The summed E-state index contributed by atoms with van der Waals surface area (Å²) in [5.41, 5.74) is 3.97. The third-order valence-corrected chi connectivity index (χ3v) is 3.81. The lowest BCUT2D eigenvalue weighted by atomic mass is 10.0. The fourth-order valence-electron chi connectivity index (χ4n) is 2.54. The first-order chi connectivity index (χ1) is 10.2. The highest BCUT2D eigenvalue weighted by Gasteiger charge is 2.20.